The molecule has 0 radical (unpaired) electrons. The van der Waals surface area contributed by atoms with Crippen LogP contribution in [0.2, 0.25) is 0 Å². The van der Waals surface area contributed by atoms with Crippen LogP contribution in [0.25, 0.3) is 0 Å². The van der Waals surface area contributed by atoms with E-state index in [0.717, 1.165) is 38.5 Å². The third kappa shape index (κ3) is 5.91. The lowest BCUT2D eigenvalue weighted by Gasteiger charge is -2.41. The van der Waals surface area contributed by atoms with Crippen molar-refractivity contribution >= 4 is 23.8 Å². The Morgan fingerprint density at radius 3 is 2.40 bits per heavy atom. The number of carbonyl (C=O) groups is 4. The molecule has 1 aliphatic carbocycles. The van der Waals surface area contributed by atoms with Crippen LogP contribution in [-0.2, 0) is 9.59 Å². The Balaban J connectivity index is 1.49. The van der Waals surface area contributed by atoms with E-state index >= 15 is 0 Å². The van der Waals surface area contributed by atoms with Crippen molar-refractivity contribution in [2.24, 2.45) is 0 Å². The highest BCUT2D eigenvalue weighted by Crippen LogP contribution is 2.20. The first-order valence-electron chi connectivity index (χ1n) is 12.4. The minimum atomic E-state index is -0.913. The lowest BCUT2D eigenvalue weighted by atomic mass is 9.95. The summed E-state index contributed by atoms with van der Waals surface area (Å²) in [6.45, 7) is 1.09. The average Bonchev–Trinajstić information content (AvgIpc) is 2.89. The summed E-state index contributed by atoms with van der Waals surface area (Å²) in [6.07, 6.45) is 6.43. The Hall–Kier alpha value is -3.61. The Kier molecular flexibility index (Phi) is 7.85. The summed E-state index contributed by atoms with van der Waals surface area (Å²) in [7, 11) is 0. The van der Waals surface area contributed by atoms with Gasteiger partial charge in [0.05, 0.1) is 18.2 Å². The van der Waals surface area contributed by atoms with Gasteiger partial charge in [-0.1, -0.05) is 19.3 Å². The van der Waals surface area contributed by atoms with Crippen molar-refractivity contribution in [2.75, 3.05) is 26.2 Å². The van der Waals surface area contributed by atoms with Crippen LogP contribution in [0, 0.1) is 11.3 Å². The lowest BCUT2D eigenvalue weighted by molar-refractivity contribution is -0.133. The summed E-state index contributed by atoms with van der Waals surface area (Å²) in [5.41, 5.74) is 0.865. The maximum atomic E-state index is 13.3. The Morgan fingerprint density at radius 1 is 0.971 bits per heavy atom. The molecular formula is C25H32N6O4. The summed E-state index contributed by atoms with van der Waals surface area (Å²) in [5.74, 6) is -0.942. The molecule has 3 N–H and O–H groups in total. The monoisotopic (exact) mass is 480 g/mol. The summed E-state index contributed by atoms with van der Waals surface area (Å²) in [6, 6.07) is 6.57. The average molecular weight is 481 g/mol. The molecule has 1 aromatic carbocycles. The predicted octanol–water partition coefficient (Wildman–Crippen LogP) is 1.12. The second kappa shape index (κ2) is 11.2. The van der Waals surface area contributed by atoms with Crippen LogP contribution >= 0.6 is 0 Å². The molecule has 0 aromatic heterocycles. The number of urea groups is 1. The number of amides is 5. The van der Waals surface area contributed by atoms with Gasteiger partial charge in [0.1, 0.15) is 12.1 Å². The zero-order chi connectivity index (χ0) is 24.8. The van der Waals surface area contributed by atoms with Gasteiger partial charge in [0.25, 0.3) is 5.91 Å². The second-order valence-corrected chi connectivity index (χ2v) is 9.43. The number of carbonyl (C=O) groups excluding carboxylic acids is 4. The van der Waals surface area contributed by atoms with E-state index in [1.165, 1.54) is 4.90 Å². The fourth-order valence-electron chi connectivity index (χ4n) is 4.99. The normalized spacial score (nSPS) is 23.1. The third-order valence-corrected chi connectivity index (χ3v) is 7.03. The fraction of sp³-hybridized carbons (Fsp3) is 0.560. The first-order chi connectivity index (χ1) is 17.0. The minimum Gasteiger partial charge on any atom is -0.354 e. The number of nitrogens with one attached hydrogen (secondary N) is 3. The highest BCUT2D eigenvalue weighted by atomic mass is 16.2. The van der Waals surface area contributed by atoms with Gasteiger partial charge in [-0.05, 0) is 49.9 Å². The minimum absolute atomic E-state index is 0.0249. The van der Waals surface area contributed by atoms with E-state index in [0.29, 0.717) is 24.1 Å². The van der Waals surface area contributed by atoms with Crippen molar-refractivity contribution in [3.05, 3.63) is 35.4 Å². The molecule has 2 saturated heterocycles. The van der Waals surface area contributed by atoms with Crippen molar-refractivity contribution in [3.8, 4) is 6.07 Å². The van der Waals surface area contributed by atoms with Crippen LogP contribution < -0.4 is 16.0 Å². The van der Waals surface area contributed by atoms with Gasteiger partial charge in [0.2, 0.25) is 11.8 Å². The molecule has 0 bridgehead atoms. The first kappa shape index (κ1) is 24.5. The number of nitrogens with zero attached hydrogens (tertiary/aromatic N) is 3. The van der Waals surface area contributed by atoms with Gasteiger partial charge in [-0.25, -0.2) is 4.79 Å². The van der Waals surface area contributed by atoms with E-state index in [9.17, 15) is 19.2 Å². The number of piperazine rings is 1. The molecule has 2 aliphatic heterocycles. The topological polar surface area (TPSA) is 135 Å². The van der Waals surface area contributed by atoms with E-state index in [1.807, 2.05) is 6.07 Å². The molecule has 3 aliphatic rings. The summed E-state index contributed by atoms with van der Waals surface area (Å²) >= 11 is 0. The number of hydrogen-bond donors (Lipinski definition) is 3. The van der Waals surface area contributed by atoms with Crippen LogP contribution in [0.5, 0.6) is 0 Å². The smallest absolute Gasteiger partial charge is 0.318 e. The van der Waals surface area contributed by atoms with Gasteiger partial charge >= 0.3 is 6.03 Å². The molecule has 35 heavy (non-hydrogen) atoms. The van der Waals surface area contributed by atoms with Gasteiger partial charge in [-0.2, -0.15) is 5.26 Å². The molecular weight excluding hydrogens is 448 g/mol. The summed E-state index contributed by atoms with van der Waals surface area (Å²) in [5, 5.41) is 17.6. The Bertz CT molecular complexity index is 998. The Labute approximate surface area is 205 Å². The number of nitriles is 1. The molecule has 0 spiro atoms. The largest absolute Gasteiger partial charge is 0.354 e. The molecule has 1 saturated carbocycles. The predicted molar refractivity (Wildman–Crippen MR) is 127 cm³/mol. The zero-order valence-electron chi connectivity index (χ0n) is 19.8. The van der Waals surface area contributed by atoms with E-state index in [1.54, 1.807) is 29.2 Å². The van der Waals surface area contributed by atoms with Crippen LogP contribution in [0.3, 0.4) is 0 Å². The molecule has 1 aromatic rings. The third-order valence-electron chi connectivity index (χ3n) is 7.03. The van der Waals surface area contributed by atoms with E-state index in [-0.39, 0.29) is 43.5 Å². The highest BCUT2D eigenvalue weighted by Gasteiger charge is 2.39. The van der Waals surface area contributed by atoms with Gasteiger partial charge in [0.15, 0.2) is 0 Å². The quantitative estimate of drug-likeness (QED) is 0.594. The highest BCUT2D eigenvalue weighted by molar-refractivity contribution is 5.96. The number of benzene rings is 1. The number of rotatable bonds is 4. The molecule has 186 valence electrons. The van der Waals surface area contributed by atoms with Crippen molar-refractivity contribution in [1.29, 1.82) is 5.26 Å². The van der Waals surface area contributed by atoms with Gasteiger partial charge in [-0.15, -0.1) is 0 Å². The van der Waals surface area contributed by atoms with E-state index in [4.69, 9.17) is 5.26 Å². The lowest BCUT2D eigenvalue weighted by Crippen LogP contribution is -2.65. The van der Waals surface area contributed by atoms with Crippen LogP contribution in [0.4, 0.5) is 4.79 Å². The van der Waals surface area contributed by atoms with Gasteiger partial charge in [-0.3, -0.25) is 14.4 Å². The van der Waals surface area contributed by atoms with Crippen molar-refractivity contribution in [2.45, 2.75) is 63.1 Å². The molecule has 2 atom stereocenters. The number of piperidine rings is 1. The summed E-state index contributed by atoms with van der Waals surface area (Å²) in [4.78, 5) is 54.9. The van der Waals surface area contributed by atoms with Crippen LogP contribution in [-0.4, -0.2) is 77.9 Å². The molecule has 3 fully saturated rings. The Morgan fingerprint density at radius 2 is 1.71 bits per heavy atom. The molecule has 10 heteroatoms. The summed E-state index contributed by atoms with van der Waals surface area (Å²) < 4.78 is 0. The maximum absolute atomic E-state index is 13.3. The van der Waals surface area contributed by atoms with Crippen molar-refractivity contribution in [3.63, 3.8) is 0 Å². The van der Waals surface area contributed by atoms with E-state index in [2.05, 4.69) is 16.0 Å². The molecule has 10 nitrogen and oxygen atoms in total. The van der Waals surface area contributed by atoms with Crippen LogP contribution in [0.15, 0.2) is 24.3 Å². The maximum Gasteiger partial charge on any atom is 0.318 e. The first-order valence-corrected chi connectivity index (χ1v) is 12.4. The fourth-order valence-corrected chi connectivity index (χ4v) is 4.99. The SMILES string of the molecule is N#Cc1ccc(C(=O)N2CCN(C(=O)NC3CCCCC3)[C@@H](C(=O)N[C@@H]3CCCNC3=O)C2)cc1. The molecule has 5 amide bonds. The van der Waals surface area contributed by atoms with Gasteiger partial charge in [0, 0.05) is 31.2 Å². The second-order valence-electron chi connectivity index (χ2n) is 9.43. The molecule has 0 unspecified atom stereocenters. The number of hydrogen-bond acceptors (Lipinski definition) is 5. The molecule has 4 rings (SSSR count). The zero-order valence-corrected chi connectivity index (χ0v) is 19.8. The van der Waals surface area contributed by atoms with Crippen molar-refractivity contribution in [1.82, 2.24) is 25.8 Å². The van der Waals surface area contributed by atoms with Crippen molar-refractivity contribution < 1.29 is 19.2 Å². The van der Waals surface area contributed by atoms with E-state index < -0.39 is 18.0 Å². The molecule has 2 heterocycles. The standard InChI is InChI=1S/C25H32N6O4/c26-15-17-8-10-18(11-9-17)24(34)30-13-14-31(25(35)28-19-5-2-1-3-6-19)21(16-30)23(33)29-20-7-4-12-27-22(20)32/h8-11,19-21H,1-7,12-14,16H2,(H,27,32)(H,28,35)(H,29,33)/t20-,21-/m1/s1. The van der Waals surface area contributed by atoms with Crippen LogP contribution in [0.1, 0.15) is 60.9 Å². The van der Waals surface area contributed by atoms with Gasteiger partial charge < -0.3 is 25.8 Å².